The summed E-state index contributed by atoms with van der Waals surface area (Å²) in [6.45, 7) is 2.95. The normalized spacial score (nSPS) is 29.0. The van der Waals surface area contributed by atoms with Gasteiger partial charge in [-0.2, -0.15) is 13.8 Å². The molecule has 11 heteroatoms. The van der Waals surface area contributed by atoms with Gasteiger partial charge < -0.3 is 19.6 Å². The van der Waals surface area contributed by atoms with Gasteiger partial charge in [-0.1, -0.05) is 41.6 Å². The number of anilines is 1. The van der Waals surface area contributed by atoms with Crippen molar-refractivity contribution in [3.8, 4) is 11.1 Å². The third-order valence-electron chi connectivity index (χ3n) is 10.1. The second-order valence-corrected chi connectivity index (χ2v) is 13.6. The average Bonchev–Trinajstić information content (AvgIpc) is 3.51. The molecule has 2 N–H and O–H groups in total. The first-order valence-electron chi connectivity index (χ1n) is 15.1. The number of hydrogen-bond donors (Lipinski definition) is 2. The molecule has 0 aliphatic heterocycles. The van der Waals surface area contributed by atoms with E-state index in [4.69, 9.17) is 4.52 Å². The van der Waals surface area contributed by atoms with E-state index in [2.05, 4.69) is 10.1 Å². The standard InChI is InChI=1S/C33H37F4N3O4/c1-30(43)17-23(18-30)27(42)40(24-5-3-4-22(16-24)20-6-8-21(9-7-20)25(41)26(34)35)19-32-10-13-33(14-11-32,15-12-32)28-38-29(44-39-28)31(2,36)37/h3-9,16,23,25-26,41,43H,10-15,17-19H2,1-2H3. The Hall–Kier alpha value is -3.31. The summed E-state index contributed by atoms with van der Waals surface area (Å²) in [6, 6.07) is 13.8. The number of aliphatic hydroxyl groups is 2. The van der Waals surface area contributed by atoms with Crippen LogP contribution >= 0.6 is 0 Å². The van der Waals surface area contributed by atoms with Crippen LogP contribution in [0.25, 0.3) is 11.1 Å². The van der Waals surface area contributed by atoms with E-state index >= 15 is 0 Å². The molecule has 7 nitrogen and oxygen atoms in total. The minimum Gasteiger partial charge on any atom is -0.390 e. The molecule has 1 atom stereocenters. The first-order valence-corrected chi connectivity index (χ1v) is 15.1. The number of fused-ring (bicyclic) bond motifs is 3. The summed E-state index contributed by atoms with van der Waals surface area (Å²) in [5.74, 6) is -3.89. The summed E-state index contributed by atoms with van der Waals surface area (Å²) >= 11 is 0. The maximum Gasteiger partial charge on any atom is 0.322 e. The lowest BCUT2D eigenvalue weighted by atomic mass is 9.53. The molecule has 1 unspecified atom stereocenters. The molecule has 7 rings (SSSR count). The number of carbonyl (C=O) groups is 1. The maximum absolute atomic E-state index is 14.0. The van der Waals surface area contributed by atoms with Crippen LogP contribution in [0.1, 0.15) is 88.6 Å². The average molecular weight is 616 g/mol. The van der Waals surface area contributed by atoms with Gasteiger partial charge in [0.2, 0.25) is 5.91 Å². The molecular weight excluding hydrogens is 578 g/mol. The lowest BCUT2D eigenvalue weighted by molar-refractivity contribution is -0.137. The summed E-state index contributed by atoms with van der Waals surface area (Å²) in [7, 11) is 0. The van der Waals surface area contributed by atoms with Crippen molar-refractivity contribution >= 4 is 11.6 Å². The van der Waals surface area contributed by atoms with Crippen LogP contribution in [0.3, 0.4) is 0 Å². The number of carbonyl (C=O) groups excluding carboxylic acids is 1. The Labute approximate surface area is 253 Å². The molecule has 2 aromatic carbocycles. The number of aliphatic hydroxyl groups excluding tert-OH is 1. The van der Waals surface area contributed by atoms with Crippen molar-refractivity contribution in [2.45, 2.75) is 94.7 Å². The zero-order chi connectivity index (χ0) is 31.5. The Balaban J connectivity index is 1.25. The number of benzene rings is 2. The Morgan fingerprint density at radius 2 is 1.68 bits per heavy atom. The van der Waals surface area contributed by atoms with Crippen LogP contribution in [0.2, 0.25) is 0 Å². The van der Waals surface area contributed by atoms with Gasteiger partial charge in [0.15, 0.2) is 5.82 Å². The Bertz CT molecular complexity index is 1490. The van der Waals surface area contributed by atoms with Gasteiger partial charge in [-0.05, 0) is 92.5 Å². The molecule has 236 valence electrons. The fraction of sp³-hybridized carbons (Fsp3) is 0.545. The number of hydrogen-bond acceptors (Lipinski definition) is 6. The molecule has 4 aliphatic rings. The predicted molar refractivity (Wildman–Crippen MR) is 154 cm³/mol. The minimum atomic E-state index is -3.20. The van der Waals surface area contributed by atoms with Gasteiger partial charge in [-0.25, -0.2) is 8.78 Å². The van der Waals surface area contributed by atoms with Gasteiger partial charge in [0.05, 0.1) is 5.60 Å². The highest BCUT2D eigenvalue weighted by molar-refractivity contribution is 5.96. The van der Waals surface area contributed by atoms with Crippen LogP contribution in [0.5, 0.6) is 0 Å². The minimum absolute atomic E-state index is 0.0474. The van der Waals surface area contributed by atoms with Gasteiger partial charge in [0.25, 0.3) is 12.3 Å². The molecule has 3 aromatic rings. The van der Waals surface area contributed by atoms with Gasteiger partial charge in [-0.3, -0.25) is 4.79 Å². The number of amides is 1. The zero-order valence-corrected chi connectivity index (χ0v) is 24.8. The van der Waals surface area contributed by atoms with Crippen molar-refractivity contribution < 1.29 is 37.1 Å². The molecule has 2 bridgehead atoms. The van der Waals surface area contributed by atoms with Crippen LogP contribution in [0.15, 0.2) is 53.1 Å². The van der Waals surface area contributed by atoms with Crippen molar-refractivity contribution in [1.29, 1.82) is 0 Å². The van der Waals surface area contributed by atoms with Gasteiger partial charge in [-0.15, -0.1) is 0 Å². The van der Waals surface area contributed by atoms with Crippen LogP contribution in [0, 0.1) is 11.3 Å². The second kappa shape index (κ2) is 10.9. The fourth-order valence-corrected chi connectivity index (χ4v) is 7.35. The lowest BCUT2D eigenvalue weighted by Gasteiger charge is -2.54. The van der Waals surface area contributed by atoms with E-state index < -0.39 is 35.4 Å². The third kappa shape index (κ3) is 5.76. The number of nitrogens with zero attached hydrogens (tertiary/aromatic N) is 3. The molecule has 44 heavy (non-hydrogen) atoms. The number of alkyl halides is 4. The van der Waals surface area contributed by atoms with E-state index in [1.807, 2.05) is 29.2 Å². The van der Waals surface area contributed by atoms with Crippen LogP contribution < -0.4 is 4.90 Å². The van der Waals surface area contributed by atoms with E-state index in [0.717, 1.165) is 37.3 Å². The van der Waals surface area contributed by atoms with Crippen molar-refractivity contribution in [3.63, 3.8) is 0 Å². The highest BCUT2D eigenvalue weighted by Gasteiger charge is 2.54. The molecule has 4 fully saturated rings. The van der Waals surface area contributed by atoms with Crippen LogP contribution in [0.4, 0.5) is 23.2 Å². The SMILES string of the molecule is CC1(O)CC(C(=O)N(CC23CCC(c4noc(C(C)(F)F)n4)(CC2)CC3)c2cccc(-c3ccc(C(O)C(F)F)cc3)c2)C1. The quantitative estimate of drug-likeness (QED) is 0.253. The predicted octanol–water partition coefficient (Wildman–Crippen LogP) is 6.93. The Kier molecular flexibility index (Phi) is 7.64. The molecule has 4 aliphatic carbocycles. The largest absolute Gasteiger partial charge is 0.390 e. The summed E-state index contributed by atoms with van der Waals surface area (Å²) in [6.07, 6.45) is 0.474. The first-order chi connectivity index (χ1) is 20.7. The van der Waals surface area contributed by atoms with Gasteiger partial charge >= 0.3 is 5.92 Å². The van der Waals surface area contributed by atoms with Crippen molar-refractivity contribution in [1.82, 2.24) is 10.1 Å². The van der Waals surface area contributed by atoms with Crippen molar-refractivity contribution in [2.75, 3.05) is 11.4 Å². The monoisotopic (exact) mass is 615 g/mol. The van der Waals surface area contributed by atoms with E-state index in [9.17, 15) is 32.6 Å². The number of aromatic nitrogens is 2. The zero-order valence-electron chi connectivity index (χ0n) is 24.8. The molecule has 1 heterocycles. The topological polar surface area (TPSA) is 99.7 Å². The van der Waals surface area contributed by atoms with Gasteiger partial charge in [0.1, 0.15) is 6.10 Å². The highest BCUT2D eigenvalue weighted by Crippen LogP contribution is 2.58. The first kappa shape index (κ1) is 30.7. The molecule has 4 saturated carbocycles. The Morgan fingerprint density at radius 1 is 1.05 bits per heavy atom. The second-order valence-electron chi connectivity index (χ2n) is 13.6. The summed E-state index contributed by atoms with van der Waals surface area (Å²) < 4.78 is 58.4. The maximum atomic E-state index is 14.0. The fourth-order valence-electron chi connectivity index (χ4n) is 7.35. The molecular formula is C33H37F4N3O4. The Morgan fingerprint density at radius 3 is 2.23 bits per heavy atom. The molecule has 1 amide bonds. The van der Waals surface area contributed by atoms with E-state index in [-0.39, 0.29) is 22.8 Å². The molecule has 1 aromatic heterocycles. The molecule has 0 spiro atoms. The van der Waals surface area contributed by atoms with Crippen molar-refractivity contribution in [3.05, 3.63) is 65.8 Å². The summed E-state index contributed by atoms with van der Waals surface area (Å²) in [5, 5.41) is 24.1. The number of halogens is 4. The molecule has 0 saturated heterocycles. The van der Waals surface area contributed by atoms with Crippen molar-refractivity contribution in [2.24, 2.45) is 11.3 Å². The van der Waals surface area contributed by atoms with Gasteiger partial charge in [0, 0.05) is 30.5 Å². The van der Waals surface area contributed by atoms with Crippen LogP contribution in [-0.2, 0) is 16.1 Å². The lowest BCUT2D eigenvalue weighted by Crippen LogP contribution is -2.54. The van der Waals surface area contributed by atoms with E-state index in [1.54, 1.807) is 19.1 Å². The smallest absolute Gasteiger partial charge is 0.322 e. The summed E-state index contributed by atoms with van der Waals surface area (Å²) in [5.41, 5.74) is 0.924. The summed E-state index contributed by atoms with van der Waals surface area (Å²) in [4.78, 5) is 19.9. The van der Waals surface area contributed by atoms with Crippen LogP contribution in [-0.4, -0.2) is 44.8 Å². The third-order valence-corrected chi connectivity index (χ3v) is 10.1. The highest BCUT2D eigenvalue weighted by atomic mass is 19.3. The molecule has 0 radical (unpaired) electrons. The van der Waals surface area contributed by atoms with E-state index in [1.165, 1.54) is 12.1 Å². The number of rotatable bonds is 9. The van der Waals surface area contributed by atoms with E-state index in [0.29, 0.717) is 50.2 Å².